The van der Waals surface area contributed by atoms with Crippen LogP contribution in [0, 0.1) is 6.92 Å². The number of anilines is 1. The number of aryl methyl sites for hydroxylation is 2. The Morgan fingerprint density at radius 2 is 1.82 bits per heavy atom. The summed E-state index contributed by atoms with van der Waals surface area (Å²) in [5.74, 6) is -1.13. The Morgan fingerprint density at radius 3 is 2.41 bits per heavy atom. The smallest absolute Gasteiger partial charge is 0.261 e. The number of rotatable bonds is 6. The molecule has 22 heavy (non-hydrogen) atoms. The first-order valence-corrected chi connectivity index (χ1v) is 8.23. The lowest BCUT2D eigenvalue weighted by Gasteiger charge is -2.09. The minimum Gasteiger partial charge on any atom is -0.550 e. The molecule has 0 radical (unpaired) electrons. The summed E-state index contributed by atoms with van der Waals surface area (Å²) in [6.07, 6.45) is 0.224. The van der Waals surface area contributed by atoms with Gasteiger partial charge in [-0.2, -0.15) is 0 Å². The largest absolute Gasteiger partial charge is 0.550 e. The molecule has 6 heteroatoms. The summed E-state index contributed by atoms with van der Waals surface area (Å²) in [6.45, 7) is 1.88. The van der Waals surface area contributed by atoms with Crippen molar-refractivity contribution in [3.8, 4) is 0 Å². The van der Waals surface area contributed by atoms with E-state index in [9.17, 15) is 18.3 Å². The molecule has 0 aliphatic heterocycles. The van der Waals surface area contributed by atoms with E-state index in [4.69, 9.17) is 0 Å². The van der Waals surface area contributed by atoms with Gasteiger partial charge in [-0.1, -0.05) is 24.3 Å². The van der Waals surface area contributed by atoms with E-state index in [2.05, 4.69) is 4.72 Å². The van der Waals surface area contributed by atoms with Crippen LogP contribution in [0.2, 0.25) is 0 Å². The molecule has 0 heterocycles. The number of nitrogens with one attached hydrogen (secondary N) is 1. The molecule has 0 aromatic heterocycles. The normalized spacial score (nSPS) is 11.1. The molecule has 0 spiro atoms. The van der Waals surface area contributed by atoms with E-state index in [1.54, 1.807) is 30.3 Å². The average Bonchev–Trinajstić information content (AvgIpc) is 2.45. The molecule has 1 N–H and O–H groups in total. The number of hydrogen-bond donors (Lipinski definition) is 1. The van der Waals surface area contributed by atoms with E-state index in [1.165, 1.54) is 12.1 Å². The highest BCUT2D eigenvalue weighted by Gasteiger charge is 2.13. The van der Waals surface area contributed by atoms with Crippen molar-refractivity contribution in [1.29, 1.82) is 0 Å². The maximum atomic E-state index is 12.3. The molecule has 0 saturated heterocycles. The lowest BCUT2D eigenvalue weighted by atomic mass is 10.1. The number of hydrogen-bond acceptors (Lipinski definition) is 4. The van der Waals surface area contributed by atoms with Gasteiger partial charge in [0.2, 0.25) is 0 Å². The fraction of sp³-hybridized carbons (Fsp3) is 0.188. The lowest BCUT2D eigenvalue weighted by molar-refractivity contribution is -0.305. The van der Waals surface area contributed by atoms with Gasteiger partial charge >= 0.3 is 0 Å². The van der Waals surface area contributed by atoms with Crippen LogP contribution in [0.5, 0.6) is 0 Å². The molecule has 2 aromatic rings. The molecule has 0 fully saturated rings. The van der Waals surface area contributed by atoms with Gasteiger partial charge in [0.05, 0.1) is 4.90 Å². The van der Waals surface area contributed by atoms with Crippen molar-refractivity contribution in [2.45, 2.75) is 24.7 Å². The number of sulfonamides is 1. The van der Waals surface area contributed by atoms with Gasteiger partial charge in [-0.15, -0.1) is 0 Å². The second-order valence-corrected chi connectivity index (χ2v) is 6.67. The second-order valence-electron chi connectivity index (χ2n) is 4.99. The average molecular weight is 318 g/mol. The van der Waals surface area contributed by atoms with Crippen molar-refractivity contribution >= 4 is 21.7 Å². The van der Waals surface area contributed by atoms with E-state index in [-0.39, 0.29) is 11.3 Å². The highest BCUT2D eigenvalue weighted by Crippen LogP contribution is 2.18. The van der Waals surface area contributed by atoms with Gasteiger partial charge in [0.25, 0.3) is 10.0 Å². The minimum absolute atomic E-state index is 0.0896. The van der Waals surface area contributed by atoms with Gasteiger partial charge in [-0.05, 0) is 55.2 Å². The lowest BCUT2D eigenvalue weighted by Crippen LogP contribution is -2.22. The summed E-state index contributed by atoms with van der Waals surface area (Å²) in [5, 5.41) is 10.4. The molecule has 0 saturated carbocycles. The Bertz CT molecular complexity index is 767. The van der Waals surface area contributed by atoms with Crippen molar-refractivity contribution in [2.24, 2.45) is 0 Å². The van der Waals surface area contributed by atoms with Crippen LogP contribution in [0.25, 0.3) is 0 Å². The Hall–Kier alpha value is -2.34. The van der Waals surface area contributed by atoms with Crippen LogP contribution < -0.4 is 9.83 Å². The maximum absolute atomic E-state index is 12.3. The molecule has 0 aliphatic carbocycles. The van der Waals surface area contributed by atoms with Gasteiger partial charge in [0, 0.05) is 11.7 Å². The quantitative estimate of drug-likeness (QED) is 0.874. The number of benzene rings is 2. The zero-order valence-corrected chi connectivity index (χ0v) is 12.9. The Balaban J connectivity index is 2.14. The molecular weight excluding hydrogens is 302 g/mol. The van der Waals surface area contributed by atoms with Crippen LogP contribution >= 0.6 is 0 Å². The number of carbonyl (C=O) groups is 1. The predicted octanol–water partition coefficient (Wildman–Crippen LogP) is 1.48. The minimum atomic E-state index is -3.66. The summed E-state index contributed by atoms with van der Waals surface area (Å²) in [7, 11) is -3.66. The van der Waals surface area contributed by atoms with Crippen molar-refractivity contribution < 1.29 is 18.3 Å². The molecular formula is C16H16NO4S-. The first kappa shape index (κ1) is 16.0. The molecule has 2 aromatic carbocycles. The highest BCUT2D eigenvalue weighted by atomic mass is 32.2. The van der Waals surface area contributed by atoms with Crippen LogP contribution in [0.15, 0.2) is 53.4 Å². The van der Waals surface area contributed by atoms with Crippen LogP contribution in [0.1, 0.15) is 17.5 Å². The summed E-state index contributed by atoms with van der Waals surface area (Å²) >= 11 is 0. The molecule has 2 rings (SSSR count). The maximum Gasteiger partial charge on any atom is 0.261 e. The van der Waals surface area contributed by atoms with E-state index < -0.39 is 16.0 Å². The van der Waals surface area contributed by atoms with Crippen molar-refractivity contribution in [3.63, 3.8) is 0 Å². The van der Waals surface area contributed by atoms with Gasteiger partial charge < -0.3 is 9.90 Å². The van der Waals surface area contributed by atoms with Gasteiger partial charge in [0.1, 0.15) is 0 Å². The number of aliphatic carboxylic acids is 1. The Labute approximate surface area is 129 Å². The zero-order chi connectivity index (χ0) is 16.2. The third-order valence-corrected chi connectivity index (χ3v) is 4.52. The molecule has 0 unspecified atom stereocenters. The first-order valence-electron chi connectivity index (χ1n) is 6.75. The van der Waals surface area contributed by atoms with Gasteiger partial charge in [0.15, 0.2) is 0 Å². The predicted molar refractivity (Wildman–Crippen MR) is 81.8 cm³/mol. The number of carboxylic acids is 1. The third kappa shape index (κ3) is 4.33. The SMILES string of the molecule is Cc1cccc(NS(=O)(=O)c2ccc(CCC(=O)[O-])cc2)c1. The number of carboxylic acid groups (broad SMARTS) is 1. The summed E-state index contributed by atoms with van der Waals surface area (Å²) in [6, 6.07) is 13.2. The van der Waals surface area contributed by atoms with E-state index in [1.807, 2.05) is 13.0 Å². The molecule has 5 nitrogen and oxygen atoms in total. The fourth-order valence-electron chi connectivity index (χ4n) is 2.00. The van der Waals surface area contributed by atoms with Crippen LogP contribution in [0.4, 0.5) is 5.69 Å². The van der Waals surface area contributed by atoms with E-state index in [0.717, 1.165) is 11.1 Å². The zero-order valence-electron chi connectivity index (χ0n) is 12.1. The molecule has 116 valence electrons. The van der Waals surface area contributed by atoms with Crippen molar-refractivity contribution in [3.05, 3.63) is 59.7 Å². The third-order valence-electron chi connectivity index (χ3n) is 3.12. The molecule has 0 aliphatic rings. The van der Waals surface area contributed by atoms with Crippen LogP contribution in [0.3, 0.4) is 0 Å². The van der Waals surface area contributed by atoms with Crippen molar-refractivity contribution in [1.82, 2.24) is 0 Å². The first-order chi connectivity index (χ1) is 10.4. The number of carbonyl (C=O) groups excluding carboxylic acids is 1. The highest BCUT2D eigenvalue weighted by molar-refractivity contribution is 7.92. The van der Waals surface area contributed by atoms with E-state index in [0.29, 0.717) is 12.1 Å². The van der Waals surface area contributed by atoms with Crippen molar-refractivity contribution in [2.75, 3.05) is 4.72 Å². The Morgan fingerprint density at radius 1 is 1.14 bits per heavy atom. The second kappa shape index (κ2) is 6.62. The molecule has 0 amide bonds. The monoisotopic (exact) mass is 318 g/mol. The van der Waals surface area contributed by atoms with Crippen LogP contribution in [-0.4, -0.2) is 14.4 Å². The molecule has 0 bridgehead atoms. The van der Waals surface area contributed by atoms with E-state index >= 15 is 0 Å². The van der Waals surface area contributed by atoms with Crippen LogP contribution in [-0.2, 0) is 21.2 Å². The van der Waals surface area contributed by atoms with Gasteiger partial charge in [-0.3, -0.25) is 4.72 Å². The standard InChI is InChI=1S/C16H17NO4S/c1-12-3-2-4-14(11-12)17-22(20,21)15-8-5-13(6-9-15)7-10-16(18)19/h2-6,8-9,11,17H,7,10H2,1H3,(H,18,19)/p-1. The fourth-order valence-corrected chi connectivity index (χ4v) is 3.05. The Kier molecular flexibility index (Phi) is 4.82. The summed E-state index contributed by atoms with van der Waals surface area (Å²) in [4.78, 5) is 10.5. The summed E-state index contributed by atoms with van der Waals surface area (Å²) in [5.41, 5.74) is 2.21. The molecule has 0 atom stereocenters. The van der Waals surface area contributed by atoms with Gasteiger partial charge in [-0.25, -0.2) is 8.42 Å². The topological polar surface area (TPSA) is 86.3 Å². The summed E-state index contributed by atoms with van der Waals surface area (Å²) < 4.78 is 27.1.